The lowest BCUT2D eigenvalue weighted by Crippen LogP contribution is -2.37. The number of fused-ring (bicyclic) bond motifs is 1. The zero-order valence-electron chi connectivity index (χ0n) is 16.4. The zero-order valence-corrected chi connectivity index (χ0v) is 17.2. The number of benzene rings is 2. The van der Waals surface area contributed by atoms with Crippen molar-refractivity contribution < 1.29 is 14.4 Å². The summed E-state index contributed by atoms with van der Waals surface area (Å²) >= 11 is 1.67. The SMILES string of the molecule is CNC(=O)CCC(C=O)N1Cc2c(SCc3cccc(CN)c3)cccc2C1=O. The molecule has 6 nitrogen and oxygen atoms in total. The average Bonchev–Trinajstić information content (AvgIpc) is 3.09. The monoisotopic (exact) mass is 411 g/mol. The molecule has 0 aliphatic carbocycles. The van der Waals surface area contributed by atoms with E-state index in [0.29, 0.717) is 25.1 Å². The summed E-state index contributed by atoms with van der Waals surface area (Å²) in [7, 11) is 1.56. The van der Waals surface area contributed by atoms with Gasteiger partial charge in [-0.2, -0.15) is 0 Å². The lowest BCUT2D eigenvalue weighted by atomic mass is 10.1. The van der Waals surface area contributed by atoms with Gasteiger partial charge in [-0.25, -0.2) is 0 Å². The standard InChI is InChI=1S/C22H25N3O3S/c1-24-21(27)9-8-17(13-26)25-12-19-18(22(25)28)6-3-7-20(19)29-14-16-5-2-4-15(10-16)11-23/h2-7,10,13,17H,8-9,11-12,14,23H2,1H3,(H,24,27). The first-order chi connectivity index (χ1) is 14.1. The maximum absolute atomic E-state index is 12.9. The van der Waals surface area contributed by atoms with Crippen molar-refractivity contribution in [2.24, 2.45) is 5.73 Å². The summed E-state index contributed by atoms with van der Waals surface area (Å²) in [4.78, 5) is 38.6. The Morgan fingerprint density at radius 2 is 2.03 bits per heavy atom. The Morgan fingerprint density at radius 3 is 2.76 bits per heavy atom. The third-order valence-corrected chi connectivity index (χ3v) is 6.25. The first-order valence-corrected chi connectivity index (χ1v) is 10.5. The summed E-state index contributed by atoms with van der Waals surface area (Å²) in [6, 6.07) is 13.2. The molecule has 3 rings (SSSR count). The van der Waals surface area contributed by atoms with E-state index >= 15 is 0 Å². The van der Waals surface area contributed by atoms with Gasteiger partial charge in [0.1, 0.15) is 6.29 Å². The van der Waals surface area contributed by atoms with Gasteiger partial charge in [0.2, 0.25) is 5.91 Å². The molecule has 152 valence electrons. The van der Waals surface area contributed by atoms with E-state index in [1.165, 1.54) is 5.56 Å². The Morgan fingerprint density at radius 1 is 1.28 bits per heavy atom. The number of hydrogen-bond acceptors (Lipinski definition) is 5. The number of thioether (sulfide) groups is 1. The summed E-state index contributed by atoms with van der Waals surface area (Å²) in [6.07, 6.45) is 1.29. The minimum absolute atomic E-state index is 0.142. The molecule has 2 amide bonds. The molecule has 1 heterocycles. The fraction of sp³-hybridized carbons (Fsp3) is 0.318. The zero-order chi connectivity index (χ0) is 20.8. The van der Waals surface area contributed by atoms with Crippen molar-refractivity contribution >= 4 is 29.9 Å². The van der Waals surface area contributed by atoms with Crippen LogP contribution in [0.1, 0.15) is 39.9 Å². The largest absolute Gasteiger partial charge is 0.359 e. The van der Waals surface area contributed by atoms with Gasteiger partial charge in [0.05, 0.1) is 6.04 Å². The van der Waals surface area contributed by atoms with E-state index in [2.05, 4.69) is 17.4 Å². The van der Waals surface area contributed by atoms with E-state index in [4.69, 9.17) is 5.73 Å². The second-order valence-electron chi connectivity index (χ2n) is 6.94. The van der Waals surface area contributed by atoms with Crippen molar-refractivity contribution in [3.05, 3.63) is 64.7 Å². The summed E-state index contributed by atoms with van der Waals surface area (Å²) in [5.74, 6) is 0.477. The van der Waals surface area contributed by atoms with Gasteiger partial charge in [-0.15, -0.1) is 11.8 Å². The van der Waals surface area contributed by atoms with Crippen LogP contribution in [0.3, 0.4) is 0 Å². The molecule has 0 aromatic heterocycles. The summed E-state index contributed by atoms with van der Waals surface area (Å²) < 4.78 is 0. The normalized spacial score (nSPS) is 13.9. The maximum atomic E-state index is 12.9. The highest BCUT2D eigenvalue weighted by Gasteiger charge is 2.34. The van der Waals surface area contributed by atoms with Crippen LogP contribution in [0, 0.1) is 0 Å². The molecule has 2 aromatic rings. The number of carbonyl (C=O) groups is 3. The van der Waals surface area contributed by atoms with Crippen molar-refractivity contribution in [3.8, 4) is 0 Å². The van der Waals surface area contributed by atoms with Crippen LogP contribution >= 0.6 is 11.8 Å². The first kappa shape index (κ1) is 21.1. The van der Waals surface area contributed by atoms with Gasteiger partial charge in [-0.3, -0.25) is 9.59 Å². The molecule has 1 aliphatic rings. The second kappa shape index (κ2) is 9.71. The molecule has 7 heteroatoms. The molecule has 1 atom stereocenters. The molecule has 29 heavy (non-hydrogen) atoms. The van der Waals surface area contributed by atoms with Gasteiger partial charge in [0.25, 0.3) is 5.91 Å². The van der Waals surface area contributed by atoms with E-state index in [1.807, 2.05) is 24.3 Å². The van der Waals surface area contributed by atoms with Gasteiger partial charge in [-0.1, -0.05) is 30.3 Å². The number of aldehydes is 1. The van der Waals surface area contributed by atoms with Crippen molar-refractivity contribution in [1.82, 2.24) is 10.2 Å². The number of carbonyl (C=O) groups excluding carboxylic acids is 3. The maximum Gasteiger partial charge on any atom is 0.255 e. The minimum Gasteiger partial charge on any atom is -0.359 e. The molecule has 0 bridgehead atoms. The Bertz CT molecular complexity index is 916. The molecule has 1 unspecified atom stereocenters. The van der Waals surface area contributed by atoms with Crippen molar-refractivity contribution in [3.63, 3.8) is 0 Å². The van der Waals surface area contributed by atoms with Crippen LogP contribution in [-0.2, 0) is 28.4 Å². The van der Waals surface area contributed by atoms with Gasteiger partial charge >= 0.3 is 0 Å². The first-order valence-electron chi connectivity index (χ1n) is 9.56. The smallest absolute Gasteiger partial charge is 0.255 e. The predicted molar refractivity (Wildman–Crippen MR) is 113 cm³/mol. The highest BCUT2D eigenvalue weighted by atomic mass is 32.2. The number of hydrogen-bond donors (Lipinski definition) is 2. The fourth-order valence-corrected chi connectivity index (χ4v) is 4.46. The van der Waals surface area contributed by atoms with Crippen molar-refractivity contribution in [1.29, 1.82) is 0 Å². The predicted octanol–water partition coefficient (Wildman–Crippen LogP) is 2.49. The van der Waals surface area contributed by atoms with E-state index in [0.717, 1.165) is 28.1 Å². The Balaban J connectivity index is 1.73. The van der Waals surface area contributed by atoms with Crippen LogP contribution in [0.15, 0.2) is 47.4 Å². The third-order valence-electron chi connectivity index (χ3n) is 5.08. The van der Waals surface area contributed by atoms with E-state index < -0.39 is 6.04 Å². The highest BCUT2D eigenvalue weighted by Crippen LogP contribution is 2.35. The average molecular weight is 412 g/mol. The number of nitrogens with one attached hydrogen (secondary N) is 1. The number of nitrogens with two attached hydrogens (primary N) is 1. The minimum atomic E-state index is -0.605. The summed E-state index contributed by atoms with van der Waals surface area (Å²) in [5, 5.41) is 2.54. The number of nitrogens with zero attached hydrogens (tertiary/aromatic N) is 1. The van der Waals surface area contributed by atoms with Crippen LogP contribution in [0.25, 0.3) is 0 Å². The lowest BCUT2D eigenvalue weighted by molar-refractivity contribution is -0.121. The number of amides is 2. The summed E-state index contributed by atoms with van der Waals surface area (Å²) in [6.45, 7) is 0.892. The van der Waals surface area contributed by atoms with Crippen molar-refractivity contribution in [2.75, 3.05) is 7.05 Å². The fourth-order valence-electron chi connectivity index (χ4n) is 3.44. The second-order valence-corrected chi connectivity index (χ2v) is 7.96. The topological polar surface area (TPSA) is 92.5 Å². The van der Waals surface area contributed by atoms with Crippen molar-refractivity contribution in [2.45, 2.75) is 42.6 Å². The number of rotatable bonds is 9. The molecule has 0 spiro atoms. The van der Waals surface area contributed by atoms with E-state index in [1.54, 1.807) is 29.8 Å². The molecule has 0 saturated heterocycles. The molecular weight excluding hydrogens is 386 g/mol. The van der Waals surface area contributed by atoms with Gasteiger partial charge < -0.3 is 20.7 Å². The van der Waals surface area contributed by atoms with Crippen LogP contribution in [0.5, 0.6) is 0 Å². The van der Waals surface area contributed by atoms with Crippen LogP contribution < -0.4 is 11.1 Å². The van der Waals surface area contributed by atoms with E-state index in [9.17, 15) is 14.4 Å². The highest BCUT2D eigenvalue weighted by molar-refractivity contribution is 7.98. The molecule has 0 fully saturated rings. The molecule has 1 aliphatic heterocycles. The van der Waals surface area contributed by atoms with Gasteiger partial charge in [-0.05, 0) is 35.2 Å². The molecule has 0 radical (unpaired) electrons. The van der Waals surface area contributed by atoms with Crippen LogP contribution in [0.4, 0.5) is 0 Å². The van der Waals surface area contributed by atoms with E-state index in [-0.39, 0.29) is 18.2 Å². The third kappa shape index (κ3) is 4.86. The lowest BCUT2D eigenvalue weighted by Gasteiger charge is -2.22. The van der Waals surface area contributed by atoms with Crippen LogP contribution in [-0.4, -0.2) is 36.1 Å². The molecule has 2 aromatic carbocycles. The van der Waals surface area contributed by atoms with Gasteiger partial charge in [0.15, 0.2) is 0 Å². The van der Waals surface area contributed by atoms with Gasteiger partial charge in [0, 0.05) is 42.8 Å². The molecular formula is C22H25N3O3S. The molecule has 0 saturated carbocycles. The van der Waals surface area contributed by atoms with Crippen LogP contribution in [0.2, 0.25) is 0 Å². The quantitative estimate of drug-likeness (QED) is 0.489. The summed E-state index contributed by atoms with van der Waals surface area (Å²) in [5.41, 5.74) is 9.57. The Labute approximate surface area is 174 Å². The molecule has 3 N–H and O–H groups in total. The Hall–Kier alpha value is -2.64. The Kier molecular flexibility index (Phi) is 7.06.